The SMILES string of the molecule is CC1CN(CC(C)(CO)c2ccccc2)CC(CO)O1. The minimum Gasteiger partial charge on any atom is -0.395 e. The highest BCUT2D eigenvalue weighted by molar-refractivity contribution is 5.25. The first-order valence-corrected chi connectivity index (χ1v) is 7.22. The van der Waals surface area contributed by atoms with Crippen molar-refractivity contribution in [2.45, 2.75) is 31.5 Å². The van der Waals surface area contributed by atoms with E-state index in [0.29, 0.717) is 6.54 Å². The average Bonchev–Trinajstić information content (AvgIpc) is 2.47. The van der Waals surface area contributed by atoms with Gasteiger partial charge >= 0.3 is 0 Å². The lowest BCUT2D eigenvalue weighted by Crippen LogP contribution is -2.52. The summed E-state index contributed by atoms with van der Waals surface area (Å²) < 4.78 is 5.67. The summed E-state index contributed by atoms with van der Waals surface area (Å²) in [6.07, 6.45) is -0.0166. The molecule has 1 aromatic rings. The molecule has 1 aromatic carbocycles. The van der Waals surface area contributed by atoms with Gasteiger partial charge in [0.25, 0.3) is 0 Å². The van der Waals surface area contributed by atoms with Crippen LogP contribution in [-0.4, -0.2) is 60.2 Å². The molecule has 1 saturated heterocycles. The monoisotopic (exact) mass is 279 g/mol. The van der Waals surface area contributed by atoms with Crippen LogP contribution in [-0.2, 0) is 10.2 Å². The van der Waals surface area contributed by atoms with Gasteiger partial charge in [0.1, 0.15) is 0 Å². The minimum absolute atomic E-state index is 0.0437. The van der Waals surface area contributed by atoms with Crippen LogP contribution < -0.4 is 0 Å². The van der Waals surface area contributed by atoms with Crippen molar-refractivity contribution in [3.8, 4) is 0 Å². The van der Waals surface area contributed by atoms with Crippen LogP contribution in [0, 0.1) is 0 Å². The van der Waals surface area contributed by atoms with E-state index in [2.05, 4.69) is 24.0 Å². The molecule has 4 heteroatoms. The zero-order valence-electron chi connectivity index (χ0n) is 12.3. The molecule has 0 saturated carbocycles. The van der Waals surface area contributed by atoms with Crippen molar-refractivity contribution in [3.63, 3.8) is 0 Å². The molecule has 20 heavy (non-hydrogen) atoms. The summed E-state index contributed by atoms with van der Waals surface area (Å²) in [5, 5.41) is 19.1. The highest BCUT2D eigenvalue weighted by Crippen LogP contribution is 2.26. The van der Waals surface area contributed by atoms with Crippen LogP contribution in [0.25, 0.3) is 0 Å². The van der Waals surface area contributed by atoms with E-state index in [1.54, 1.807) is 0 Å². The van der Waals surface area contributed by atoms with Crippen LogP contribution in [0.3, 0.4) is 0 Å². The number of hydrogen-bond donors (Lipinski definition) is 2. The first-order valence-electron chi connectivity index (χ1n) is 7.22. The third-order valence-corrected chi connectivity index (χ3v) is 4.00. The van der Waals surface area contributed by atoms with Gasteiger partial charge in [-0.1, -0.05) is 37.3 Å². The van der Waals surface area contributed by atoms with Crippen molar-refractivity contribution >= 4 is 0 Å². The van der Waals surface area contributed by atoms with Crippen molar-refractivity contribution in [1.82, 2.24) is 4.90 Å². The summed E-state index contributed by atoms with van der Waals surface area (Å²) in [6, 6.07) is 10.1. The van der Waals surface area contributed by atoms with Gasteiger partial charge in [-0.25, -0.2) is 0 Å². The van der Waals surface area contributed by atoms with E-state index in [9.17, 15) is 10.2 Å². The van der Waals surface area contributed by atoms with Gasteiger partial charge in [-0.05, 0) is 12.5 Å². The van der Waals surface area contributed by atoms with Crippen LogP contribution in [0.2, 0.25) is 0 Å². The van der Waals surface area contributed by atoms with E-state index in [4.69, 9.17) is 4.74 Å². The Morgan fingerprint density at radius 1 is 1.25 bits per heavy atom. The zero-order valence-corrected chi connectivity index (χ0v) is 12.3. The Morgan fingerprint density at radius 2 is 1.95 bits per heavy atom. The fourth-order valence-corrected chi connectivity index (χ4v) is 2.94. The number of aliphatic hydroxyl groups is 2. The molecule has 0 aromatic heterocycles. The van der Waals surface area contributed by atoms with E-state index < -0.39 is 0 Å². The van der Waals surface area contributed by atoms with Crippen LogP contribution in [0.4, 0.5) is 0 Å². The van der Waals surface area contributed by atoms with Gasteiger partial charge in [-0.2, -0.15) is 0 Å². The number of aliphatic hydroxyl groups excluding tert-OH is 2. The maximum absolute atomic E-state index is 9.85. The third-order valence-electron chi connectivity index (χ3n) is 4.00. The topological polar surface area (TPSA) is 52.9 Å². The van der Waals surface area contributed by atoms with Crippen LogP contribution >= 0.6 is 0 Å². The van der Waals surface area contributed by atoms with Crippen molar-refractivity contribution in [2.75, 3.05) is 32.8 Å². The second kappa shape index (κ2) is 6.68. The molecule has 1 aliphatic rings. The van der Waals surface area contributed by atoms with Crippen molar-refractivity contribution in [1.29, 1.82) is 0 Å². The molecule has 1 fully saturated rings. The van der Waals surface area contributed by atoms with Gasteiger partial charge in [0.2, 0.25) is 0 Å². The first-order chi connectivity index (χ1) is 9.57. The Bertz CT molecular complexity index is 411. The van der Waals surface area contributed by atoms with Gasteiger partial charge in [0.15, 0.2) is 0 Å². The molecule has 4 nitrogen and oxygen atoms in total. The van der Waals surface area contributed by atoms with Crippen LogP contribution in [0.1, 0.15) is 19.4 Å². The van der Waals surface area contributed by atoms with E-state index in [1.807, 2.05) is 25.1 Å². The molecule has 0 bridgehead atoms. The van der Waals surface area contributed by atoms with Crippen LogP contribution in [0.15, 0.2) is 30.3 Å². The number of nitrogens with zero attached hydrogens (tertiary/aromatic N) is 1. The molecular formula is C16H25NO3. The Labute approximate surface area is 121 Å². The number of ether oxygens (including phenoxy) is 1. The molecule has 3 unspecified atom stereocenters. The fourth-order valence-electron chi connectivity index (χ4n) is 2.94. The highest BCUT2D eigenvalue weighted by Gasteiger charge is 2.32. The lowest BCUT2D eigenvalue weighted by atomic mass is 9.82. The quantitative estimate of drug-likeness (QED) is 0.845. The normalized spacial score (nSPS) is 27.2. The van der Waals surface area contributed by atoms with Crippen molar-refractivity contribution in [2.24, 2.45) is 0 Å². The highest BCUT2D eigenvalue weighted by atomic mass is 16.5. The molecule has 3 atom stereocenters. The third kappa shape index (κ3) is 3.58. The molecule has 1 heterocycles. The van der Waals surface area contributed by atoms with Gasteiger partial charge < -0.3 is 14.9 Å². The van der Waals surface area contributed by atoms with Gasteiger partial charge in [0, 0.05) is 25.0 Å². The molecular weight excluding hydrogens is 254 g/mol. The smallest absolute Gasteiger partial charge is 0.0936 e. The maximum atomic E-state index is 9.85. The van der Waals surface area contributed by atoms with Gasteiger partial charge in [-0.3, -0.25) is 4.90 Å². The number of benzene rings is 1. The molecule has 112 valence electrons. The van der Waals surface area contributed by atoms with E-state index >= 15 is 0 Å². The summed E-state index contributed by atoms with van der Waals surface area (Å²) in [6.45, 7) is 6.55. The molecule has 0 amide bonds. The summed E-state index contributed by atoms with van der Waals surface area (Å²) >= 11 is 0. The lowest BCUT2D eigenvalue weighted by molar-refractivity contribution is -0.1000. The second-order valence-corrected chi connectivity index (χ2v) is 6.03. The van der Waals surface area contributed by atoms with E-state index in [0.717, 1.165) is 18.7 Å². The minimum atomic E-state index is -0.293. The molecule has 0 spiro atoms. The standard InChI is InChI=1S/C16H25NO3/c1-13-8-17(9-15(10-18)20-13)11-16(2,12-19)14-6-4-3-5-7-14/h3-7,13,15,18-19H,8-12H2,1-2H3. The largest absolute Gasteiger partial charge is 0.395 e. The van der Waals surface area contributed by atoms with Crippen molar-refractivity contribution < 1.29 is 14.9 Å². The number of morpholine rings is 1. The summed E-state index contributed by atoms with van der Waals surface area (Å²) in [5.41, 5.74) is 0.848. The van der Waals surface area contributed by atoms with Crippen LogP contribution in [0.5, 0.6) is 0 Å². The van der Waals surface area contributed by atoms with Gasteiger partial charge in [-0.15, -0.1) is 0 Å². The average molecular weight is 279 g/mol. The Kier molecular flexibility index (Phi) is 5.16. The summed E-state index contributed by atoms with van der Waals surface area (Å²) in [4.78, 5) is 2.28. The van der Waals surface area contributed by atoms with E-state index in [1.165, 1.54) is 0 Å². The number of hydrogen-bond acceptors (Lipinski definition) is 4. The molecule has 1 aliphatic heterocycles. The second-order valence-electron chi connectivity index (χ2n) is 6.03. The first kappa shape index (κ1) is 15.4. The number of rotatable bonds is 5. The summed E-state index contributed by atoms with van der Waals surface area (Å²) in [7, 11) is 0. The van der Waals surface area contributed by atoms with E-state index in [-0.39, 0.29) is 30.8 Å². The zero-order chi connectivity index (χ0) is 14.6. The van der Waals surface area contributed by atoms with Gasteiger partial charge in [0.05, 0.1) is 25.4 Å². The Hall–Kier alpha value is -0.940. The molecule has 2 rings (SSSR count). The lowest BCUT2D eigenvalue weighted by Gasteiger charge is -2.41. The predicted octanol–water partition coefficient (Wildman–Crippen LogP) is 1.02. The van der Waals surface area contributed by atoms with Crippen molar-refractivity contribution in [3.05, 3.63) is 35.9 Å². The Balaban J connectivity index is 2.09. The Morgan fingerprint density at radius 3 is 2.55 bits per heavy atom. The summed E-state index contributed by atoms with van der Waals surface area (Å²) in [5.74, 6) is 0. The molecule has 0 aliphatic carbocycles. The fraction of sp³-hybridized carbons (Fsp3) is 0.625. The molecule has 2 N–H and O–H groups in total. The molecule has 0 radical (unpaired) electrons. The maximum Gasteiger partial charge on any atom is 0.0936 e. The predicted molar refractivity (Wildman–Crippen MR) is 78.7 cm³/mol.